The van der Waals surface area contributed by atoms with Gasteiger partial charge in [0.2, 0.25) is 0 Å². The molecule has 0 aliphatic heterocycles. The first-order valence-corrected chi connectivity index (χ1v) is 2.59. The van der Waals surface area contributed by atoms with E-state index >= 15 is 0 Å². The molecule has 1 heterocycles. The zero-order valence-corrected chi connectivity index (χ0v) is 5.16. The number of amidine groups is 1. The van der Waals surface area contributed by atoms with Gasteiger partial charge in [0.15, 0.2) is 0 Å². The summed E-state index contributed by atoms with van der Waals surface area (Å²) in [7, 11) is 1.64. The molecule has 0 spiro atoms. The van der Waals surface area contributed by atoms with Crippen LogP contribution in [0, 0.1) is 0 Å². The van der Waals surface area contributed by atoms with E-state index in [1.54, 1.807) is 25.6 Å². The van der Waals surface area contributed by atoms with Crippen molar-refractivity contribution in [2.45, 2.75) is 0 Å². The molecule has 0 saturated heterocycles. The Kier molecular flexibility index (Phi) is 1.53. The molecule has 0 radical (unpaired) electrons. The van der Waals surface area contributed by atoms with Gasteiger partial charge in [-0.25, -0.2) is 0 Å². The minimum Gasteiger partial charge on any atom is -0.472 e. The van der Waals surface area contributed by atoms with Crippen molar-refractivity contribution in [1.29, 1.82) is 0 Å². The maximum Gasteiger partial charge on any atom is 0.128 e. The van der Waals surface area contributed by atoms with Crippen LogP contribution in [0.15, 0.2) is 28.0 Å². The largest absolute Gasteiger partial charge is 0.472 e. The summed E-state index contributed by atoms with van der Waals surface area (Å²) in [6.07, 6.45) is 3.12. The minimum absolute atomic E-state index is 0.503. The van der Waals surface area contributed by atoms with Gasteiger partial charge in [-0.3, -0.25) is 4.99 Å². The number of hydrogen-bond donors (Lipinski definition) is 1. The molecule has 1 aromatic rings. The Morgan fingerprint density at radius 2 is 2.56 bits per heavy atom. The summed E-state index contributed by atoms with van der Waals surface area (Å²) in [5.41, 5.74) is 6.26. The second-order valence-corrected chi connectivity index (χ2v) is 1.62. The van der Waals surface area contributed by atoms with Gasteiger partial charge in [-0.15, -0.1) is 0 Å². The van der Waals surface area contributed by atoms with Gasteiger partial charge in [-0.2, -0.15) is 0 Å². The Morgan fingerprint density at radius 3 is 3.00 bits per heavy atom. The number of furan rings is 1. The summed E-state index contributed by atoms with van der Waals surface area (Å²) in [5.74, 6) is 0.503. The van der Waals surface area contributed by atoms with Crippen molar-refractivity contribution in [1.82, 2.24) is 0 Å². The van der Waals surface area contributed by atoms with Crippen molar-refractivity contribution >= 4 is 5.84 Å². The van der Waals surface area contributed by atoms with Crippen LogP contribution >= 0.6 is 0 Å². The third kappa shape index (κ3) is 1.10. The Bertz CT molecular complexity index is 201. The minimum atomic E-state index is 0.503. The molecule has 0 fully saturated rings. The van der Waals surface area contributed by atoms with E-state index in [-0.39, 0.29) is 0 Å². The summed E-state index contributed by atoms with van der Waals surface area (Å²) in [4.78, 5) is 3.77. The van der Waals surface area contributed by atoms with Crippen LogP contribution in [0.3, 0.4) is 0 Å². The van der Waals surface area contributed by atoms with Gasteiger partial charge in [0.25, 0.3) is 0 Å². The highest BCUT2D eigenvalue weighted by Gasteiger charge is 1.95. The Balaban J connectivity index is 2.90. The molecule has 3 heteroatoms. The fraction of sp³-hybridized carbons (Fsp3) is 0.167. The second kappa shape index (κ2) is 2.35. The second-order valence-electron chi connectivity index (χ2n) is 1.62. The Morgan fingerprint density at radius 1 is 1.78 bits per heavy atom. The predicted molar refractivity (Wildman–Crippen MR) is 35.4 cm³/mol. The maximum absolute atomic E-state index is 5.43. The van der Waals surface area contributed by atoms with Crippen molar-refractivity contribution in [3.05, 3.63) is 24.2 Å². The van der Waals surface area contributed by atoms with Crippen LogP contribution in [0.2, 0.25) is 0 Å². The third-order valence-corrected chi connectivity index (χ3v) is 1.06. The highest BCUT2D eigenvalue weighted by molar-refractivity contribution is 5.96. The summed E-state index contributed by atoms with van der Waals surface area (Å²) in [6.45, 7) is 0. The van der Waals surface area contributed by atoms with Gasteiger partial charge in [-0.05, 0) is 6.07 Å². The van der Waals surface area contributed by atoms with E-state index in [1.165, 1.54) is 0 Å². The molecule has 0 aliphatic rings. The predicted octanol–water partition coefficient (Wildman–Crippen LogP) is 0.615. The first-order chi connectivity index (χ1) is 4.34. The SMILES string of the molecule is CN=C(N)c1ccoc1. The molecule has 1 aromatic heterocycles. The molecular weight excluding hydrogens is 116 g/mol. The summed E-state index contributed by atoms with van der Waals surface area (Å²) < 4.78 is 4.78. The Hall–Kier alpha value is -1.25. The van der Waals surface area contributed by atoms with Crippen LogP contribution in [0.25, 0.3) is 0 Å². The molecule has 48 valence electrons. The molecule has 0 saturated carbocycles. The smallest absolute Gasteiger partial charge is 0.128 e. The standard InChI is InChI=1S/C6H8N2O/c1-8-6(7)5-2-3-9-4-5/h2-4H,1H3,(H2,7,8). The lowest BCUT2D eigenvalue weighted by Gasteiger charge is -1.88. The van der Waals surface area contributed by atoms with Gasteiger partial charge in [0, 0.05) is 7.05 Å². The highest BCUT2D eigenvalue weighted by Crippen LogP contribution is 1.97. The van der Waals surface area contributed by atoms with Crippen molar-refractivity contribution < 1.29 is 4.42 Å². The van der Waals surface area contributed by atoms with Crippen LogP contribution in [0.1, 0.15) is 5.56 Å². The molecule has 0 amide bonds. The van der Waals surface area contributed by atoms with Crippen molar-refractivity contribution in [3.63, 3.8) is 0 Å². The summed E-state index contributed by atoms with van der Waals surface area (Å²) in [5, 5.41) is 0. The fourth-order valence-corrected chi connectivity index (χ4v) is 0.539. The van der Waals surface area contributed by atoms with Gasteiger partial charge in [-0.1, -0.05) is 0 Å². The monoisotopic (exact) mass is 124 g/mol. The molecule has 0 atom stereocenters. The molecular formula is C6H8N2O. The lowest BCUT2D eigenvalue weighted by Crippen LogP contribution is -2.11. The van der Waals surface area contributed by atoms with Crippen LogP contribution in [-0.4, -0.2) is 12.9 Å². The van der Waals surface area contributed by atoms with E-state index in [1.807, 2.05) is 0 Å². The average molecular weight is 124 g/mol. The van der Waals surface area contributed by atoms with Crippen molar-refractivity contribution in [2.24, 2.45) is 10.7 Å². The van der Waals surface area contributed by atoms with Gasteiger partial charge >= 0.3 is 0 Å². The molecule has 1 rings (SSSR count). The summed E-state index contributed by atoms with van der Waals surface area (Å²) >= 11 is 0. The zero-order chi connectivity index (χ0) is 6.69. The number of rotatable bonds is 1. The number of aliphatic imine (C=N–C) groups is 1. The Labute approximate surface area is 53.2 Å². The van der Waals surface area contributed by atoms with Gasteiger partial charge < -0.3 is 10.2 Å². The molecule has 0 aliphatic carbocycles. The lowest BCUT2D eigenvalue weighted by atomic mass is 10.3. The number of nitrogens with two attached hydrogens (primary N) is 1. The fourth-order valence-electron chi connectivity index (χ4n) is 0.539. The first kappa shape index (κ1) is 5.88. The van der Waals surface area contributed by atoms with Crippen LogP contribution < -0.4 is 5.73 Å². The average Bonchev–Trinajstić information content (AvgIpc) is 2.37. The van der Waals surface area contributed by atoms with E-state index in [0.29, 0.717) is 5.84 Å². The molecule has 9 heavy (non-hydrogen) atoms. The molecule has 0 bridgehead atoms. The van der Waals surface area contributed by atoms with E-state index in [2.05, 4.69) is 4.99 Å². The highest BCUT2D eigenvalue weighted by atomic mass is 16.3. The summed E-state index contributed by atoms with van der Waals surface area (Å²) in [6, 6.07) is 1.77. The first-order valence-electron chi connectivity index (χ1n) is 2.59. The number of nitrogens with zero attached hydrogens (tertiary/aromatic N) is 1. The van der Waals surface area contributed by atoms with Crippen LogP contribution in [0.5, 0.6) is 0 Å². The van der Waals surface area contributed by atoms with E-state index in [9.17, 15) is 0 Å². The van der Waals surface area contributed by atoms with Gasteiger partial charge in [0.1, 0.15) is 12.1 Å². The van der Waals surface area contributed by atoms with Crippen molar-refractivity contribution in [2.75, 3.05) is 7.05 Å². The lowest BCUT2D eigenvalue weighted by molar-refractivity contribution is 0.567. The van der Waals surface area contributed by atoms with Crippen LogP contribution in [0.4, 0.5) is 0 Å². The van der Waals surface area contributed by atoms with E-state index in [4.69, 9.17) is 10.2 Å². The van der Waals surface area contributed by atoms with Crippen LogP contribution in [-0.2, 0) is 0 Å². The molecule has 0 aromatic carbocycles. The number of hydrogen-bond acceptors (Lipinski definition) is 2. The van der Waals surface area contributed by atoms with Crippen molar-refractivity contribution in [3.8, 4) is 0 Å². The molecule has 2 N–H and O–H groups in total. The zero-order valence-electron chi connectivity index (χ0n) is 5.16. The van der Waals surface area contributed by atoms with E-state index < -0.39 is 0 Å². The topological polar surface area (TPSA) is 51.5 Å². The maximum atomic E-state index is 5.43. The quantitative estimate of drug-likeness (QED) is 0.440. The molecule has 3 nitrogen and oxygen atoms in total. The van der Waals surface area contributed by atoms with E-state index in [0.717, 1.165) is 5.56 Å². The third-order valence-electron chi connectivity index (χ3n) is 1.06. The normalized spacial score (nSPS) is 11.9. The van der Waals surface area contributed by atoms with Gasteiger partial charge in [0.05, 0.1) is 11.8 Å². The molecule has 0 unspecified atom stereocenters.